The summed E-state index contributed by atoms with van der Waals surface area (Å²) in [4.78, 5) is 28.9. The SMILES string of the molecule is CON(C)S(=O)(=O)c1cc(C(=O)O[C@@H](C)C(=O)NC2CCCC2)ccc1Cl. The molecule has 27 heavy (non-hydrogen) atoms. The zero-order valence-electron chi connectivity index (χ0n) is 15.4. The monoisotopic (exact) mass is 418 g/mol. The Balaban J connectivity index is 2.12. The minimum atomic E-state index is -4.04. The molecule has 1 aromatic rings. The number of benzene rings is 1. The second kappa shape index (κ2) is 9.01. The van der Waals surface area contributed by atoms with Crippen LogP contribution in [0.25, 0.3) is 0 Å². The number of hydrogen-bond acceptors (Lipinski definition) is 6. The van der Waals surface area contributed by atoms with E-state index in [2.05, 4.69) is 5.32 Å². The van der Waals surface area contributed by atoms with Crippen LogP contribution in [-0.4, -0.2) is 51.1 Å². The van der Waals surface area contributed by atoms with Crippen LogP contribution >= 0.6 is 11.6 Å². The summed E-state index contributed by atoms with van der Waals surface area (Å²) in [6.07, 6.45) is 2.96. The average molecular weight is 419 g/mol. The Morgan fingerprint density at radius 1 is 1.30 bits per heavy atom. The van der Waals surface area contributed by atoms with Crippen LogP contribution in [0.3, 0.4) is 0 Å². The predicted octanol–water partition coefficient (Wildman–Crippen LogP) is 2.13. The van der Waals surface area contributed by atoms with Crippen LogP contribution < -0.4 is 5.32 Å². The number of ether oxygens (including phenoxy) is 1. The molecule has 2 rings (SSSR count). The first-order valence-corrected chi connectivity index (χ1v) is 10.3. The summed E-state index contributed by atoms with van der Waals surface area (Å²) in [5, 5.41) is 2.78. The van der Waals surface area contributed by atoms with Gasteiger partial charge in [-0.15, -0.1) is 0 Å². The smallest absolute Gasteiger partial charge is 0.338 e. The fourth-order valence-corrected chi connectivity index (χ4v) is 4.21. The largest absolute Gasteiger partial charge is 0.449 e. The van der Waals surface area contributed by atoms with E-state index in [1.807, 2.05) is 0 Å². The number of nitrogens with one attached hydrogen (secondary N) is 1. The third kappa shape index (κ3) is 5.19. The van der Waals surface area contributed by atoms with Gasteiger partial charge in [-0.1, -0.05) is 28.9 Å². The molecule has 1 atom stereocenters. The van der Waals surface area contributed by atoms with E-state index in [-0.39, 0.29) is 27.4 Å². The van der Waals surface area contributed by atoms with Crippen molar-refractivity contribution in [2.24, 2.45) is 0 Å². The zero-order chi connectivity index (χ0) is 20.2. The summed E-state index contributed by atoms with van der Waals surface area (Å²) >= 11 is 5.96. The number of rotatable bonds is 7. The number of halogens is 1. The van der Waals surface area contributed by atoms with Crippen molar-refractivity contribution in [1.29, 1.82) is 0 Å². The van der Waals surface area contributed by atoms with Gasteiger partial charge in [0.15, 0.2) is 6.10 Å². The van der Waals surface area contributed by atoms with Crippen molar-refractivity contribution in [2.45, 2.75) is 49.6 Å². The molecule has 10 heteroatoms. The van der Waals surface area contributed by atoms with Gasteiger partial charge in [0.05, 0.1) is 17.7 Å². The molecule has 150 valence electrons. The molecule has 1 aromatic carbocycles. The van der Waals surface area contributed by atoms with E-state index in [1.165, 1.54) is 33.2 Å². The first kappa shape index (κ1) is 21.6. The maximum absolute atomic E-state index is 12.4. The van der Waals surface area contributed by atoms with Gasteiger partial charge in [0.1, 0.15) is 4.90 Å². The minimum Gasteiger partial charge on any atom is -0.449 e. The van der Waals surface area contributed by atoms with Crippen LogP contribution in [-0.2, 0) is 24.4 Å². The van der Waals surface area contributed by atoms with Crippen LogP contribution in [0, 0.1) is 0 Å². The van der Waals surface area contributed by atoms with Crippen LogP contribution in [0.15, 0.2) is 23.1 Å². The van der Waals surface area contributed by atoms with Crippen LogP contribution in [0.2, 0.25) is 5.02 Å². The van der Waals surface area contributed by atoms with Gasteiger partial charge in [-0.25, -0.2) is 13.2 Å². The van der Waals surface area contributed by atoms with Gasteiger partial charge in [0.2, 0.25) is 0 Å². The van der Waals surface area contributed by atoms with Crippen LogP contribution in [0.4, 0.5) is 0 Å². The molecule has 0 aliphatic heterocycles. The van der Waals surface area contributed by atoms with Gasteiger partial charge in [-0.3, -0.25) is 9.63 Å². The fourth-order valence-electron chi connectivity index (χ4n) is 2.74. The standard InChI is InChI=1S/C17H23ClN2O6S/c1-11(16(21)19-13-6-4-5-7-13)26-17(22)12-8-9-14(18)15(10-12)27(23,24)20(2)25-3/h8-11,13H,4-7H2,1-3H3,(H,19,21)/t11-/m0/s1. The van der Waals surface area contributed by atoms with E-state index >= 15 is 0 Å². The number of hydrogen-bond donors (Lipinski definition) is 1. The highest BCUT2D eigenvalue weighted by Crippen LogP contribution is 2.26. The lowest BCUT2D eigenvalue weighted by Gasteiger charge is -2.18. The summed E-state index contributed by atoms with van der Waals surface area (Å²) in [6.45, 7) is 1.47. The fraction of sp³-hybridized carbons (Fsp3) is 0.529. The molecule has 0 aromatic heterocycles. The zero-order valence-corrected chi connectivity index (χ0v) is 17.0. The Kier molecular flexibility index (Phi) is 7.21. The normalized spacial score (nSPS) is 16.3. The molecule has 0 radical (unpaired) electrons. The number of carbonyl (C=O) groups excluding carboxylic acids is 2. The molecule has 1 aliphatic rings. The van der Waals surface area contributed by atoms with Gasteiger partial charge in [0.25, 0.3) is 15.9 Å². The van der Waals surface area contributed by atoms with Crippen LogP contribution in [0.1, 0.15) is 43.0 Å². The molecule has 0 bridgehead atoms. The lowest BCUT2D eigenvalue weighted by Crippen LogP contribution is -2.40. The molecule has 0 unspecified atom stereocenters. The number of esters is 1. The molecule has 8 nitrogen and oxygen atoms in total. The van der Waals surface area contributed by atoms with Crippen molar-refractivity contribution in [3.05, 3.63) is 28.8 Å². The Morgan fingerprint density at radius 2 is 1.93 bits per heavy atom. The molecule has 1 saturated carbocycles. The van der Waals surface area contributed by atoms with E-state index in [1.54, 1.807) is 0 Å². The van der Waals surface area contributed by atoms with E-state index in [0.29, 0.717) is 4.47 Å². The molecule has 0 heterocycles. The Hall–Kier alpha value is -1.68. The van der Waals surface area contributed by atoms with E-state index in [9.17, 15) is 18.0 Å². The maximum atomic E-state index is 12.4. The van der Waals surface area contributed by atoms with Crippen molar-refractivity contribution in [3.63, 3.8) is 0 Å². The van der Waals surface area contributed by atoms with Gasteiger partial charge >= 0.3 is 5.97 Å². The third-order valence-corrected chi connectivity index (χ3v) is 6.56. The van der Waals surface area contributed by atoms with Crippen LogP contribution in [0.5, 0.6) is 0 Å². The average Bonchev–Trinajstić information content (AvgIpc) is 3.13. The first-order valence-electron chi connectivity index (χ1n) is 8.50. The number of nitrogens with zero attached hydrogens (tertiary/aromatic N) is 1. The second-order valence-electron chi connectivity index (χ2n) is 6.28. The Morgan fingerprint density at radius 3 is 2.52 bits per heavy atom. The highest BCUT2D eigenvalue weighted by molar-refractivity contribution is 7.89. The Labute approximate surface area is 163 Å². The number of carbonyl (C=O) groups is 2. The van der Waals surface area contributed by atoms with Crippen molar-refractivity contribution in [1.82, 2.24) is 9.79 Å². The highest BCUT2D eigenvalue weighted by Gasteiger charge is 2.27. The van der Waals surface area contributed by atoms with E-state index < -0.39 is 22.1 Å². The van der Waals surface area contributed by atoms with Gasteiger partial charge in [0, 0.05) is 13.1 Å². The highest BCUT2D eigenvalue weighted by atomic mass is 35.5. The molecule has 1 aliphatic carbocycles. The lowest BCUT2D eigenvalue weighted by atomic mass is 10.2. The lowest BCUT2D eigenvalue weighted by molar-refractivity contribution is -0.129. The molecular formula is C17H23ClN2O6S. The van der Waals surface area contributed by atoms with Crippen molar-refractivity contribution in [2.75, 3.05) is 14.2 Å². The molecule has 1 fully saturated rings. The minimum absolute atomic E-state index is 0.0389. The molecule has 1 amide bonds. The summed E-state index contributed by atoms with van der Waals surface area (Å²) in [5.74, 6) is -1.20. The second-order valence-corrected chi connectivity index (χ2v) is 8.59. The Bertz CT molecular complexity index is 808. The molecule has 0 saturated heterocycles. The van der Waals surface area contributed by atoms with Gasteiger partial charge in [-0.2, -0.15) is 0 Å². The maximum Gasteiger partial charge on any atom is 0.338 e. The van der Waals surface area contributed by atoms with Crippen molar-refractivity contribution >= 4 is 33.5 Å². The predicted molar refractivity (Wildman–Crippen MR) is 98.7 cm³/mol. The van der Waals surface area contributed by atoms with Crippen molar-refractivity contribution in [3.8, 4) is 0 Å². The first-order chi connectivity index (χ1) is 12.7. The van der Waals surface area contributed by atoms with Gasteiger partial charge < -0.3 is 10.1 Å². The van der Waals surface area contributed by atoms with E-state index in [0.717, 1.165) is 31.7 Å². The van der Waals surface area contributed by atoms with Gasteiger partial charge in [-0.05, 0) is 38.0 Å². The molecule has 0 spiro atoms. The number of hydroxylamine groups is 1. The summed E-state index contributed by atoms with van der Waals surface area (Å²) < 4.78 is 30.6. The van der Waals surface area contributed by atoms with E-state index in [4.69, 9.17) is 21.2 Å². The van der Waals surface area contributed by atoms with Crippen molar-refractivity contribution < 1.29 is 27.6 Å². The topological polar surface area (TPSA) is 102 Å². The number of amides is 1. The summed E-state index contributed by atoms with van der Waals surface area (Å²) in [6, 6.07) is 3.81. The quantitative estimate of drug-likeness (QED) is 0.537. The summed E-state index contributed by atoms with van der Waals surface area (Å²) in [5.41, 5.74) is -0.0389. The molecule has 1 N–H and O–H groups in total. The summed E-state index contributed by atoms with van der Waals surface area (Å²) in [7, 11) is -1.65. The number of sulfonamides is 1. The molecular weight excluding hydrogens is 396 g/mol. The third-order valence-electron chi connectivity index (χ3n) is 4.40.